The van der Waals surface area contributed by atoms with Crippen LogP contribution in [0.5, 0.6) is 0 Å². The molecule has 0 saturated heterocycles. The third-order valence-corrected chi connectivity index (χ3v) is 2.35. The van der Waals surface area contributed by atoms with E-state index in [0.29, 0.717) is 5.56 Å². The number of carbonyl (C=O) groups is 1. The average molecular weight is 233 g/mol. The molecule has 0 bridgehead atoms. The van der Waals surface area contributed by atoms with Gasteiger partial charge in [0, 0.05) is 5.92 Å². The topological polar surface area (TPSA) is 57.5 Å². The first-order valence-electron chi connectivity index (χ1n) is 4.32. The molecule has 0 amide bonds. The van der Waals surface area contributed by atoms with E-state index >= 15 is 0 Å². The Balaban J connectivity index is 2.92. The Morgan fingerprint density at radius 2 is 2.20 bits per heavy atom. The Hall–Kier alpha value is -1.13. The first-order chi connectivity index (χ1) is 7.04. The summed E-state index contributed by atoms with van der Waals surface area (Å²) in [5.41, 5.74) is 0.520. The number of benzene rings is 1. The van der Waals surface area contributed by atoms with Gasteiger partial charge in [0.05, 0.1) is 18.1 Å². The van der Waals surface area contributed by atoms with Gasteiger partial charge in [0.25, 0.3) is 0 Å². The van der Waals surface area contributed by atoms with Crippen molar-refractivity contribution in [1.29, 1.82) is 0 Å². The lowest BCUT2D eigenvalue weighted by Gasteiger charge is -2.12. The van der Waals surface area contributed by atoms with Crippen LogP contribution in [-0.4, -0.2) is 22.8 Å². The van der Waals surface area contributed by atoms with Crippen molar-refractivity contribution < 1.29 is 19.4 Å². The van der Waals surface area contributed by atoms with Crippen LogP contribution in [0.15, 0.2) is 18.2 Å². The average Bonchev–Trinajstić information content (AvgIpc) is 2.18. The number of carboxylic acid groups (broad SMARTS) is 1. The molecule has 1 rings (SSSR count). The van der Waals surface area contributed by atoms with Gasteiger partial charge in [-0.3, -0.25) is 4.79 Å². The van der Waals surface area contributed by atoms with Crippen molar-refractivity contribution in [3.8, 4) is 0 Å². The maximum absolute atomic E-state index is 12.8. The van der Waals surface area contributed by atoms with Gasteiger partial charge in [-0.05, 0) is 17.7 Å². The van der Waals surface area contributed by atoms with Crippen LogP contribution in [-0.2, 0) is 4.79 Å². The summed E-state index contributed by atoms with van der Waals surface area (Å²) in [6.45, 7) is -0.311. The van der Waals surface area contributed by atoms with Crippen LogP contribution in [0, 0.1) is 5.82 Å². The number of carboxylic acids is 1. The summed E-state index contributed by atoms with van der Waals surface area (Å²) in [7, 11) is 0. The van der Waals surface area contributed by atoms with Gasteiger partial charge in [0.2, 0.25) is 0 Å². The summed E-state index contributed by atoms with van der Waals surface area (Å²) in [4.78, 5) is 10.5. The second kappa shape index (κ2) is 5.09. The van der Waals surface area contributed by atoms with E-state index in [9.17, 15) is 9.18 Å². The fourth-order valence-electron chi connectivity index (χ4n) is 1.26. The molecule has 1 aromatic carbocycles. The molecule has 0 heterocycles. The molecule has 0 aromatic heterocycles. The molecular weight excluding hydrogens is 223 g/mol. The molecule has 2 N–H and O–H groups in total. The fourth-order valence-corrected chi connectivity index (χ4v) is 1.45. The van der Waals surface area contributed by atoms with E-state index < -0.39 is 17.7 Å². The molecule has 1 aromatic rings. The lowest BCUT2D eigenvalue weighted by atomic mass is 9.97. The first kappa shape index (κ1) is 11.9. The van der Waals surface area contributed by atoms with Crippen molar-refractivity contribution in [3.05, 3.63) is 34.6 Å². The second-order valence-corrected chi connectivity index (χ2v) is 3.56. The molecular formula is C10H10ClFO3. The highest BCUT2D eigenvalue weighted by molar-refractivity contribution is 6.30. The number of aliphatic hydroxyl groups is 1. The number of rotatable bonds is 4. The molecule has 1 atom stereocenters. The fraction of sp³-hybridized carbons (Fsp3) is 0.300. The van der Waals surface area contributed by atoms with Crippen LogP contribution in [0.25, 0.3) is 0 Å². The molecule has 5 heteroatoms. The minimum Gasteiger partial charge on any atom is -0.481 e. The van der Waals surface area contributed by atoms with Gasteiger partial charge < -0.3 is 10.2 Å². The monoisotopic (exact) mass is 232 g/mol. The van der Waals surface area contributed by atoms with Crippen LogP contribution < -0.4 is 0 Å². The Morgan fingerprint density at radius 3 is 2.67 bits per heavy atom. The summed E-state index contributed by atoms with van der Waals surface area (Å²) < 4.78 is 12.8. The van der Waals surface area contributed by atoms with Crippen LogP contribution in [0.1, 0.15) is 17.9 Å². The zero-order valence-corrected chi connectivity index (χ0v) is 8.54. The van der Waals surface area contributed by atoms with E-state index in [1.165, 1.54) is 12.1 Å². The summed E-state index contributed by atoms with van der Waals surface area (Å²) in [6.07, 6.45) is -0.210. The van der Waals surface area contributed by atoms with Crippen LogP contribution in [0.3, 0.4) is 0 Å². The predicted octanol–water partition coefficient (Wildman–Crippen LogP) is 2.03. The highest BCUT2D eigenvalue weighted by Crippen LogP contribution is 2.24. The first-order valence-corrected chi connectivity index (χ1v) is 4.70. The molecule has 0 aliphatic heterocycles. The van der Waals surface area contributed by atoms with Gasteiger partial charge in [-0.1, -0.05) is 17.7 Å². The Bertz CT molecular complexity index is 368. The third kappa shape index (κ3) is 3.18. The van der Waals surface area contributed by atoms with Gasteiger partial charge in [-0.25, -0.2) is 4.39 Å². The largest absolute Gasteiger partial charge is 0.481 e. The SMILES string of the molecule is O=C(O)CC(CO)c1ccc(F)c(Cl)c1. The number of hydrogen-bond acceptors (Lipinski definition) is 2. The van der Waals surface area contributed by atoms with Crippen molar-refractivity contribution >= 4 is 17.6 Å². The van der Waals surface area contributed by atoms with Crippen molar-refractivity contribution in [1.82, 2.24) is 0 Å². The number of halogens is 2. The van der Waals surface area contributed by atoms with Crippen LogP contribution in [0.4, 0.5) is 4.39 Å². The minimum atomic E-state index is -1.02. The lowest BCUT2D eigenvalue weighted by Crippen LogP contribution is -2.10. The molecule has 0 aliphatic carbocycles. The smallest absolute Gasteiger partial charge is 0.304 e. The highest BCUT2D eigenvalue weighted by Gasteiger charge is 2.15. The van der Waals surface area contributed by atoms with Crippen molar-refractivity contribution in [2.75, 3.05) is 6.61 Å². The third-order valence-electron chi connectivity index (χ3n) is 2.06. The summed E-state index contributed by atoms with van der Waals surface area (Å²) in [5.74, 6) is -2.14. The maximum Gasteiger partial charge on any atom is 0.304 e. The molecule has 82 valence electrons. The minimum absolute atomic E-state index is 0.0728. The Morgan fingerprint density at radius 1 is 1.53 bits per heavy atom. The summed E-state index contributed by atoms with van der Waals surface area (Å²) in [6, 6.07) is 3.91. The van der Waals surface area contributed by atoms with Crippen molar-refractivity contribution in [2.45, 2.75) is 12.3 Å². The van der Waals surface area contributed by atoms with Gasteiger partial charge in [-0.2, -0.15) is 0 Å². The number of hydrogen-bond donors (Lipinski definition) is 2. The van der Waals surface area contributed by atoms with Gasteiger partial charge in [0.15, 0.2) is 0 Å². The highest BCUT2D eigenvalue weighted by atomic mass is 35.5. The summed E-state index contributed by atoms with van der Waals surface area (Å²) in [5, 5.41) is 17.5. The van der Waals surface area contributed by atoms with E-state index in [1.54, 1.807) is 0 Å². The molecule has 0 spiro atoms. The van der Waals surface area contributed by atoms with E-state index in [0.717, 1.165) is 6.07 Å². The lowest BCUT2D eigenvalue weighted by molar-refractivity contribution is -0.137. The molecule has 1 unspecified atom stereocenters. The van der Waals surface area contributed by atoms with E-state index in [1.807, 2.05) is 0 Å². The quantitative estimate of drug-likeness (QED) is 0.835. The van der Waals surface area contributed by atoms with E-state index in [2.05, 4.69) is 0 Å². The zero-order valence-electron chi connectivity index (χ0n) is 7.78. The molecule has 0 aliphatic rings. The number of aliphatic carboxylic acids is 1. The van der Waals surface area contributed by atoms with Crippen molar-refractivity contribution in [3.63, 3.8) is 0 Å². The van der Waals surface area contributed by atoms with Gasteiger partial charge in [0.1, 0.15) is 5.82 Å². The van der Waals surface area contributed by atoms with E-state index in [-0.39, 0.29) is 18.1 Å². The van der Waals surface area contributed by atoms with Gasteiger partial charge in [-0.15, -0.1) is 0 Å². The Labute approximate surface area is 91.1 Å². The normalized spacial score (nSPS) is 12.5. The van der Waals surface area contributed by atoms with Crippen molar-refractivity contribution in [2.24, 2.45) is 0 Å². The maximum atomic E-state index is 12.8. The van der Waals surface area contributed by atoms with E-state index in [4.69, 9.17) is 21.8 Å². The standard InChI is InChI=1S/C10H10ClFO3/c11-8-3-6(1-2-9(8)12)7(5-13)4-10(14)15/h1-3,7,13H,4-5H2,(H,14,15). The zero-order chi connectivity index (χ0) is 11.4. The second-order valence-electron chi connectivity index (χ2n) is 3.15. The predicted molar refractivity (Wildman–Crippen MR) is 53.5 cm³/mol. The summed E-state index contributed by atoms with van der Waals surface area (Å²) >= 11 is 5.55. The molecule has 0 fully saturated rings. The molecule has 3 nitrogen and oxygen atoms in total. The number of aliphatic hydroxyl groups excluding tert-OH is 1. The van der Waals surface area contributed by atoms with Crippen LogP contribution in [0.2, 0.25) is 5.02 Å². The van der Waals surface area contributed by atoms with Crippen LogP contribution >= 0.6 is 11.6 Å². The van der Waals surface area contributed by atoms with Gasteiger partial charge >= 0.3 is 5.97 Å². The molecule has 0 radical (unpaired) electrons. The Kier molecular flexibility index (Phi) is 4.05. The molecule has 0 saturated carbocycles. The molecule has 15 heavy (non-hydrogen) atoms.